The van der Waals surface area contributed by atoms with Crippen molar-refractivity contribution in [3.05, 3.63) is 64.2 Å². The van der Waals surface area contributed by atoms with Crippen molar-refractivity contribution >= 4 is 28.6 Å². The van der Waals surface area contributed by atoms with E-state index in [0.29, 0.717) is 6.42 Å². The minimum Gasteiger partial charge on any atom is -0.375 e. The maximum Gasteiger partial charge on any atom is 0.269 e. The molecule has 2 atom stereocenters. The Labute approximate surface area is 157 Å². The Morgan fingerprint density at radius 2 is 1.81 bits per heavy atom. The molecule has 1 saturated carbocycles. The van der Waals surface area contributed by atoms with E-state index in [-0.39, 0.29) is 28.8 Å². The van der Waals surface area contributed by atoms with Gasteiger partial charge in [0.25, 0.3) is 5.69 Å². The van der Waals surface area contributed by atoms with Crippen LogP contribution < -0.4 is 5.32 Å². The van der Waals surface area contributed by atoms with Crippen molar-refractivity contribution in [2.24, 2.45) is 16.3 Å². The van der Waals surface area contributed by atoms with Crippen LogP contribution in [0.4, 0.5) is 17.1 Å². The van der Waals surface area contributed by atoms with Crippen molar-refractivity contribution < 1.29 is 9.72 Å². The monoisotopic (exact) mass is 363 g/mol. The molecular formula is C21H21N3O3. The van der Waals surface area contributed by atoms with E-state index in [1.54, 1.807) is 12.1 Å². The molecule has 1 aliphatic carbocycles. The number of para-hydroxylation sites is 2. The fraction of sp³-hybridized carbons (Fsp3) is 0.333. The van der Waals surface area contributed by atoms with Gasteiger partial charge in [-0.25, -0.2) is 0 Å². The van der Waals surface area contributed by atoms with Crippen LogP contribution in [0.1, 0.15) is 38.3 Å². The van der Waals surface area contributed by atoms with Crippen LogP contribution in [0.15, 0.2) is 53.5 Å². The molecule has 138 valence electrons. The van der Waals surface area contributed by atoms with Gasteiger partial charge in [0.15, 0.2) is 0 Å². The molecule has 27 heavy (non-hydrogen) atoms. The van der Waals surface area contributed by atoms with Crippen LogP contribution >= 0.6 is 0 Å². The highest BCUT2D eigenvalue weighted by molar-refractivity contribution is 6.10. The molecule has 1 fully saturated rings. The van der Waals surface area contributed by atoms with Crippen LogP contribution in [0.5, 0.6) is 0 Å². The standard InChI is InChI=1S/C21H21N3O3/c1-21(2)11-17-19(18(25)12-21)20(13-7-9-14(10-8-13)24(26)27)23-16-6-4-3-5-15(16)22-17/h3-10,19-20,23H,11-12H2,1-2H3/t19-,20-/m0/s1. The summed E-state index contributed by atoms with van der Waals surface area (Å²) >= 11 is 0. The van der Waals surface area contributed by atoms with E-state index in [4.69, 9.17) is 4.99 Å². The number of nitro groups is 1. The van der Waals surface area contributed by atoms with Crippen LogP contribution in [0.3, 0.4) is 0 Å². The molecule has 6 heteroatoms. The minimum absolute atomic E-state index is 0.0396. The summed E-state index contributed by atoms with van der Waals surface area (Å²) in [6, 6.07) is 13.9. The van der Waals surface area contributed by atoms with Gasteiger partial charge in [-0.15, -0.1) is 0 Å². The van der Waals surface area contributed by atoms with Gasteiger partial charge in [-0.1, -0.05) is 38.1 Å². The van der Waals surface area contributed by atoms with E-state index in [9.17, 15) is 14.9 Å². The van der Waals surface area contributed by atoms with Crippen LogP contribution in [0.25, 0.3) is 0 Å². The first kappa shape index (κ1) is 17.4. The third-order valence-electron chi connectivity index (χ3n) is 5.29. The summed E-state index contributed by atoms with van der Waals surface area (Å²) in [7, 11) is 0. The van der Waals surface area contributed by atoms with Crippen molar-refractivity contribution in [1.82, 2.24) is 0 Å². The average molecular weight is 363 g/mol. The van der Waals surface area contributed by atoms with Gasteiger partial charge in [0.05, 0.1) is 28.3 Å². The van der Waals surface area contributed by atoms with Crippen LogP contribution in [0.2, 0.25) is 0 Å². The molecule has 2 aromatic carbocycles. The highest BCUT2D eigenvalue weighted by Gasteiger charge is 2.43. The normalized spacial score (nSPS) is 23.3. The van der Waals surface area contributed by atoms with Gasteiger partial charge in [-0.2, -0.15) is 0 Å². The summed E-state index contributed by atoms with van der Waals surface area (Å²) in [4.78, 5) is 28.5. The number of ketones is 1. The second-order valence-corrected chi connectivity index (χ2v) is 8.05. The van der Waals surface area contributed by atoms with Gasteiger partial charge in [0.1, 0.15) is 5.78 Å². The summed E-state index contributed by atoms with van der Waals surface area (Å²) in [5.41, 5.74) is 3.35. The molecule has 0 radical (unpaired) electrons. The van der Waals surface area contributed by atoms with Gasteiger partial charge in [0.2, 0.25) is 0 Å². The van der Waals surface area contributed by atoms with E-state index >= 15 is 0 Å². The fourth-order valence-electron chi connectivity index (χ4n) is 4.10. The zero-order valence-electron chi connectivity index (χ0n) is 15.3. The molecule has 0 amide bonds. The topological polar surface area (TPSA) is 84.6 Å². The van der Waals surface area contributed by atoms with Crippen molar-refractivity contribution in [2.45, 2.75) is 32.7 Å². The van der Waals surface area contributed by atoms with Gasteiger partial charge in [-0.3, -0.25) is 19.9 Å². The maximum atomic E-state index is 13.1. The van der Waals surface area contributed by atoms with Gasteiger partial charge < -0.3 is 5.32 Å². The number of hydrogen-bond acceptors (Lipinski definition) is 5. The summed E-state index contributed by atoms with van der Waals surface area (Å²) in [5.74, 6) is -0.208. The molecule has 0 aromatic heterocycles. The summed E-state index contributed by atoms with van der Waals surface area (Å²) in [5, 5.41) is 14.5. The van der Waals surface area contributed by atoms with Crippen molar-refractivity contribution in [2.75, 3.05) is 5.32 Å². The highest BCUT2D eigenvalue weighted by atomic mass is 16.6. The first-order valence-electron chi connectivity index (χ1n) is 9.04. The predicted molar refractivity (Wildman–Crippen MR) is 105 cm³/mol. The van der Waals surface area contributed by atoms with E-state index in [1.165, 1.54) is 12.1 Å². The molecule has 2 aliphatic rings. The number of nitrogens with zero attached hydrogens (tertiary/aromatic N) is 2. The SMILES string of the molecule is CC1(C)CC(=O)[C@@H]2C(=Nc3ccccc3N[C@H]2c2ccc([N+](=O)[O-])cc2)C1. The van der Waals surface area contributed by atoms with E-state index < -0.39 is 4.92 Å². The number of Topliss-reactive ketones (excluding diaryl/α,β-unsaturated/α-hetero) is 1. The summed E-state index contributed by atoms with van der Waals surface area (Å²) in [6.45, 7) is 4.18. The van der Waals surface area contributed by atoms with Crippen molar-refractivity contribution in [1.29, 1.82) is 0 Å². The van der Waals surface area contributed by atoms with E-state index in [0.717, 1.165) is 29.1 Å². The number of fused-ring (bicyclic) bond motifs is 2. The Kier molecular flexibility index (Phi) is 4.06. The summed E-state index contributed by atoms with van der Waals surface area (Å²) in [6.07, 6.45) is 1.25. The number of nitro benzene ring substituents is 1. The number of anilines is 1. The largest absolute Gasteiger partial charge is 0.375 e. The van der Waals surface area contributed by atoms with E-state index in [2.05, 4.69) is 19.2 Å². The Morgan fingerprint density at radius 1 is 1.11 bits per heavy atom. The molecule has 4 rings (SSSR count). The molecule has 0 spiro atoms. The van der Waals surface area contributed by atoms with Gasteiger partial charge in [0, 0.05) is 24.3 Å². The molecule has 1 N–H and O–H groups in total. The number of carbonyl (C=O) groups is 1. The van der Waals surface area contributed by atoms with Crippen LogP contribution in [0, 0.1) is 21.4 Å². The zero-order valence-corrected chi connectivity index (χ0v) is 15.3. The molecule has 0 bridgehead atoms. The molecule has 0 saturated heterocycles. The Hall–Kier alpha value is -3.02. The lowest BCUT2D eigenvalue weighted by molar-refractivity contribution is -0.384. The number of carbonyl (C=O) groups excluding carboxylic acids is 1. The third-order valence-corrected chi connectivity index (χ3v) is 5.29. The maximum absolute atomic E-state index is 13.1. The minimum atomic E-state index is -0.416. The number of rotatable bonds is 2. The molecule has 1 heterocycles. The quantitative estimate of drug-likeness (QED) is 0.611. The van der Waals surface area contributed by atoms with E-state index in [1.807, 2.05) is 24.3 Å². The molecule has 2 aromatic rings. The van der Waals surface area contributed by atoms with Crippen molar-refractivity contribution in [3.63, 3.8) is 0 Å². The lowest BCUT2D eigenvalue weighted by atomic mass is 9.68. The van der Waals surface area contributed by atoms with Gasteiger partial charge in [-0.05, 0) is 29.5 Å². The van der Waals surface area contributed by atoms with Gasteiger partial charge >= 0.3 is 0 Å². The molecule has 0 unspecified atom stereocenters. The Bertz CT molecular complexity index is 947. The first-order valence-corrected chi connectivity index (χ1v) is 9.04. The number of benzene rings is 2. The number of non-ortho nitro benzene ring substituents is 1. The van der Waals surface area contributed by atoms with Crippen molar-refractivity contribution in [3.8, 4) is 0 Å². The molecule has 6 nitrogen and oxygen atoms in total. The summed E-state index contributed by atoms with van der Waals surface area (Å²) < 4.78 is 0. The lowest BCUT2D eigenvalue weighted by Crippen LogP contribution is -2.42. The predicted octanol–water partition coefficient (Wildman–Crippen LogP) is 4.84. The molecule has 1 aliphatic heterocycles. The van der Waals surface area contributed by atoms with Crippen LogP contribution in [-0.4, -0.2) is 16.4 Å². The third kappa shape index (κ3) is 3.23. The second-order valence-electron chi connectivity index (χ2n) is 8.05. The Morgan fingerprint density at radius 3 is 2.52 bits per heavy atom. The number of aliphatic imine (C=N–C) groups is 1. The Balaban J connectivity index is 1.82. The average Bonchev–Trinajstić information content (AvgIpc) is 2.77. The molecular weight excluding hydrogens is 342 g/mol. The highest BCUT2D eigenvalue weighted by Crippen LogP contribution is 2.45. The second kappa shape index (κ2) is 6.30. The first-order chi connectivity index (χ1) is 12.8. The fourth-order valence-corrected chi connectivity index (χ4v) is 4.10. The van der Waals surface area contributed by atoms with Crippen LogP contribution in [-0.2, 0) is 4.79 Å². The number of nitrogens with one attached hydrogen (secondary N) is 1. The zero-order chi connectivity index (χ0) is 19.2. The lowest BCUT2D eigenvalue weighted by Gasteiger charge is -2.37. The number of hydrogen-bond donors (Lipinski definition) is 1. The smallest absolute Gasteiger partial charge is 0.269 e.